The molecule has 0 bridgehead atoms. The van der Waals surface area contributed by atoms with E-state index in [0.29, 0.717) is 6.54 Å². The predicted molar refractivity (Wildman–Crippen MR) is 153 cm³/mol. The van der Waals surface area contributed by atoms with Crippen molar-refractivity contribution in [2.45, 2.75) is 51.1 Å². The highest BCUT2D eigenvalue weighted by molar-refractivity contribution is 7.90. The van der Waals surface area contributed by atoms with Gasteiger partial charge in [-0.1, -0.05) is 80.6 Å². The van der Waals surface area contributed by atoms with E-state index in [-0.39, 0.29) is 48.2 Å². The van der Waals surface area contributed by atoms with Crippen LogP contribution in [0.15, 0.2) is 83.8 Å². The van der Waals surface area contributed by atoms with Crippen LogP contribution in [0.3, 0.4) is 0 Å². The molecule has 0 saturated carbocycles. The average molecular weight is 562 g/mol. The lowest BCUT2D eigenvalue weighted by molar-refractivity contribution is -0.141. The number of aryl methyl sites for hydroxylation is 1. The number of benzene rings is 3. The van der Waals surface area contributed by atoms with Crippen molar-refractivity contribution in [1.82, 2.24) is 14.5 Å². The Balaban J connectivity index is 1.64. The van der Waals surface area contributed by atoms with Crippen molar-refractivity contribution in [2.24, 2.45) is 5.92 Å². The fraction of sp³-hybridized carbons (Fsp3) is 0.323. The highest BCUT2D eigenvalue weighted by atomic mass is 32.2. The van der Waals surface area contributed by atoms with Gasteiger partial charge in [-0.25, -0.2) is 12.7 Å². The van der Waals surface area contributed by atoms with Gasteiger partial charge >= 0.3 is 0 Å². The van der Waals surface area contributed by atoms with Crippen LogP contribution < -0.4 is 5.32 Å². The van der Waals surface area contributed by atoms with Crippen molar-refractivity contribution < 1.29 is 22.8 Å². The maximum absolute atomic E-state index is 13.9. The molecule has 1 atom stereocenters. The molecule has 9 heteroatoms. The average Bonchev–Trinajstić information content (AvgIpc) is 3.13. The van der Waals surface area contributed by atoms with Gasteiger partial charge in [0.1, 0.15) is 10.9 Å². The molecular formula is C31H35N3O5S. The number of nitrogens with zero attached hydrogens (tertiary/aromatic N) is 2. The normalized spacial score (nSPS) is 14.6. The molecule has 3 aromatic carbocycles. The van der Waals surface area contributed by atoms with Gasteiger partial charge in [0, 0.05) is 32.5 Å². The Morgan fingerprint density at radius 1 is 0.925 bits per heavy atom. The monoisotopic (exact) mass is 561 g/mol. The minimum Gasteiger partial charge on any atom is -0.354 e. The molecule has 1 heterocycles. The van der Waals surface area contributed by atoms with E-state index in [2.05, 4.69) is 5.32 Å². The number of fused-ring (bicyclic) bond motifs is 1. The second-order valence-corrected chi connectivity index (χ2v) is 12.3. The van der Waals surface area contributed by atoms with Gasteiger partial charge < -0.3 is 10.2 Å². The number of amides is 3. The third kappa shape index (κ3) is 6.42. The molecule has 1 unspecified atom stereocenters. The summed E-state index contributed by atoms with van der Waals surface area (Å²) in [5.41, 5.74) is 2.83. The topological polar surface area (TPSA) is 104 Å². The number of hydrogen-bond donors (Lipinski definition) is 1. The molecule has 40 heavy (non-hydrogen) atoms. The minimum absolute atomic E-state index is 0.0563. The molecule has 4 rings (SSSR count). The number of hydrogen-bond acceptors (Lipinski definition) is 5. The van der Waals surface area contributed by atoms with Crippen LogP contribution in [0.25, 0.3) is 0 Å². The molecule has 0 aromatic heterocycles. The van der Waals surface area contributed by atoms with Gasteiger partial charge in [-0.2, -0.15) is 0 Å². The smallest absolute Gasteiger partial charge is 0.269 e. The molecule has 0 fully saturated rings. The number of nitrogens with one attached hydrogen (secondary N) is 1. The van der Waals surface area contributed by atoms with Crippen LogP contribution in [0.4, 0.5) is 0 Å². The lowest BCUT2D eigenvalue weighted by atomic mass is 10.0. The lowest BCUT2D eigenvalue weighted by Gasteiger charge is -2.32. The van der Waals surface area contributed by atoms with E-state index >= 15 is 0 Å². The van der Waals surface area contributed by atoms with Crippen molar-refractivity contribution in [2.75, 3.05) is 13.1 Å². The third-order valence-corrected chi connectivity index (χ3v) is 8.84. The van der Waals surface area contributed by atoms with Gasteiger partial charge in [-0.15, -0.1) is 0 Å². The summed E-state index contributed by atoms with van der Waals surface area (Å²) in [5.74, 6) is -1.13. The zero-order valence-electron chi connectivity index (χ0n) is 23.0. The largest absolute Gasteiger partial charge is 0.354 e. The first-order chi connectivity index (χ1) is 19.1. The minimum atomic E-state index is -4.05. The Kier molecular flexibility index (Phi) is 9.04. The van der Waals surface area contributed by atoms with Gasteiger partial charge in [0.15, 0.2) is 0 Å². The van der Waals surface area contributed by atoms with E-state index in [1.54, 1.807) is 12.1 Å². The van der Waals surface area contributed by atoms with Crippen LogP contribution in [0.5, 0.6) is 0 Å². The van der Waals surface area contributed by atoms with E-state index < -0.39 is 27.9 Å². The van der Waals surface area contributed by atoms with E-state index in [4.69, 9.17) is 0 Å². The van der Waals surface area contributed by atoms with Crippen LogP contribution in [-0.2, 0) is 32.6 Å². The molecule has 8 nitrogen and oxygen atoms in total. The highest BCUT2D eigenvalue weighted by Crippen LogP contribution is 2.30. The standard InChI is InChI=1S/C31H35N3O5S/c1-22(2)20-32-30(36)27(19-24-12-5-4-6-13-24)33(21-25-14-8-7-11-23(25)3)29(35)17-18-34-31(37)26-15-9-10-16-28(26)40(34,38)39/h4-16,22,27H,17-21H2,1-3H3,(H,32,36). The summed E-state index contributed by atoms with van der Waals surface area (Å²) in [6, 6.07) is 22.3. The zero-order chi connectivity index (χ0) is 28.9. The van der Waals surface area contributed by atoms with Gasteiger partial charge in [0.05, 0.1) is 5.56 Å². The maximum atomic E-state index is 13.9. The first kappa shape index (κ1) is 29.0. The quantitative estimate of drug-likeness (QED) is 0.382. The summed E-state index contributed by atoms with van der Waals surface area (Å²) in [6.45, 7) is 6.23. The second kappa shape index (κ2) is 12.5. The first-order valence-corrected chi connectivity index (χ1v) is 14.8. The van der Waals surface area contributed by atoms with E-state index in [0.717, 1.165) is 21.0 Å². The molecular weight excluding hydrogens is 526 g/mol. The van der Waals surface area contributed by atoms with Crippen LogP contribution in [0.2, 0.25) is 0 Å². The number of carbonyl (C=O) groups excluding carboxylic acids is 3. The second-order valence-electron chi connectivity index (χ2n) is 10.4. The van der Waals surface area contributed by atoms with Crippen molar-refractivity contribution in [3.63, 3.8) is 0 Å². The molecule has 0 aliphatic carbocycles. The highest BCUT2D eigenvalue weighted by Gasteiger charge is 2.41. The number of carbonyl (C=O) groups is 3. The van der Waals surface area contributed by atoms with Crippen LogP contribution in [-0.4, -0.2) is 54.5 Å². The first-order valence-electron chi connectivity index (χ1n) is 13.4. The van der Waals surface area contributed by atoms with Gasteiger partial charge in [-0.05, 0) is 41.7 Å². The molecule has 0 saturated heterocycles. The summed E-state index contributed by atoms with van der Waals surface area (Å²) in [5, 5.41) is 2.97. The molecule has 0 radical (unpaired) electrons. The Bertz CT molecular complexity index is 1490. The van der Waals surface area contributed by atoms with E-state index in [1.807, 2.05) is 75.4 Å². The van der Waals surface area contributed by atoms with Crippen molar-refractivity contribution in [3.8, 4) is 0 Å². The fourth-order valence-corrected chi connectivity index (χ4v) is 6.31. The zero-order valence-corrected chi connectivity index (χ0v) is 23.9. The summed E-state index contributed by atoms with van der Waals surface area (Å²) < 4.78 is 26.9. The number of rotatable bonds is 11. The van der Waals surface area contributed by atoms with Crippen LogP contribution in [0.1, 0.15) is 47.3 Å². The Morgan fingerprint density at radius 2 is 1.57 bits per heavy atom. The molecule has 3 amide bonds. The van der Waals surface area contributed by atoms with E-state index in [9.17, 15) is 22.8 Å². The molecule has 210 valence electrons. The van der Waals surface area contributed by atoms with Crippen LogP contribution >= 0.6 is 0 Å². The van der Waals surface area contributed by atoms with Crippen molar-refractivity contribution >= 4 is 27.7 Å². The van der Waals surface area contributed by atoms with Crippen LogP contribution in [0, 0.1) is 12.8 Å². The summed E-state index contributed by atoms with van der Waals surface area (Å²) >= 11 is 0. The summed E-state index contributed by atoms with van der Waals surface area (Å²) in [4.78, 5) is 41.8. The molecule has 3 aromatic rings. The lowest BCUT2D eigenvalue weighted by Crippen LogP contribution is -2.51. The predicted octanol–water partition coefficient (Wildman–Crippen LogP) is 3.94. The number of sulfonamides is 1. The Hall–Kier alpha value is -3.98. The van der Waals surface area contributed by atoms with Gasteiger partial charge in [-0.3, -0.25) is 14.4 Å². The summed E-state index contributed by atoms with van der Waals surface area (Å²) in [6.07, 6.45) is 0.0301. The third-order valence-electron chi connectivity index (χ3n) is 7.00. The van der Waals surface area contributed by atoms with Crippen molar-refractivity contribution in [3.05, 3.63) is 101 Å². The molecule has 1 aliphatic rings. The molecule has 0 spiro atoms. The Labute approximate surface area is 236 Å². The molecule has 1 aliphatic heterocycles. The van der Waals surface area contributed by atoms with Gasteiger partial charge in [0.2, 0.25) is 11.8 Å². The fourth-order valence-electron chi connectivity index (χ4n) is 4.74. The maximum Gasteiger partial charge on any atom is 0.269 e. The van der Waals surface area contributed by atoms with Gasteiger partial charge in [0.25, 0.3) is 15.9 Å². The Morgan fingerprint density at radius 3 is 2.25 bits per heavy atom. The molecule has 1 N–H and O–H groups in total. The SMILES string of the molecule is Cc1ccccc1CN(C(=O)CCN1C(=O)c2ccccc2S1(=O)=O)C(Cc1ccccc1)C(=O)NCC(C)C. The van der Waals surface area contributed by atoms with E-state index in [1.165, 1.54) is 17.0 Å². The van der Waals surface area contributed by atoms with Crippen molar-refractivity contribution in [1.29, 1.82) is 0 Å². The summed E-state index contributed by atoms with van der Waals surface area (Å²) in [7, 11) is -4.05.